The highest BCUT2D eigenvalue weighted by Crippen LogP contribution is 2.21. The molecule has 6 nitrogen and oxygen atoms in total. The van der Waals surface area contributed by atoms with Crippen molar-refractivity contribution in [2.24, 2.45) is 5.92 Å². The molecule has 2 amide bonds. The molecule has 1 unspecified atom stereocenters. The molecule has 0 aromatic heterocycles. The molecule has 2 fully saturated rings. The number of amides is 2. The fraction of sp³-hybridized carbons (Fsp3) is 0.619. The van der Waals surface area contributed by atoms with E-state index in [-0.39, 0.29) is 24.5 Å². The van der Waals surface area contributed by atoms with Crippen molar-refractivity contribution >= 4 is 11.8 Å². The van der Waals surface area contributed by atoms with Gasteiger partial charge < -0.3 is 20.7 Å². The maximum atomic E-state index is 12.2. The van der Waals surface area contributed by atoms with Gasteiger partial charge in [0, 0.05) is 12.5 Å². The van der Waals surface area contributed by atoms with Crippen molar-refractivity contribution in [3.8, 4) is 5.75 Å². The van der Waals surface area contributed by atoms with Gasteiger partial charge in [-0.3, -0.25) is 9.59 Å². The summed E-state index contributed by atoms with van der Waals surface area (Å²) in [6, 6.07) is 7.87. The Morgan fingerprint density at radius 2 is 1.81 bits per heavy atom. The minimum absolute atomic E-state index is 0.0405. The SMILES string of the molecule is CC(NC(=O)CCC1CCNCC1)c1ccc(OCC(=O)NC2CC2)cc1. The van der Waals surface area contributed by atoms with Gasteiger partial charge in [0.25, 0.3) is 5.91 Å². The second-order valence-corrected chi connectivity index (χ2v) is 7.72. The molecule has 1 aliphatic carbocycles. The van der Waals surface area contributed by atoms with E-state index in [4.69, 9.17) is 4.74 Å². The molecule has 3 rings (SSSR count). The van der Waals surface area contributed by atoms with Crippen LogP contribution in [0.2, 0.25) is 0 Å². The molecule has 0 spiro atoms. The summed E-state index contributed by atoms with van der Waals surface area (Å²) in [6.45, 7) is 4.17. The van der Waals surface area contributed by atoms with Crippen LogP contribution < -0.4 is 20.7 Å². The monoisotopic (exact) mass is 373 g/mol. The molecule has 1 aromatic carbocycles. The minimum Gasteiger partial charge on any atom is -0.484 e. The Kier molecular flexibility index (Phi) is 7.10. The maximum absolute atomic E-state index is 12.2. The van der Waals surface area contributed by atoms with E-state index in [9.17, 15) is 9.59 Å². The molecule has 1 aliphatic heterocycles. The summed E-state index contributed by atoms with van der Waals surface area (Å²) in [5.41, 5.74) is 1.03. The molecule has 1 saturated carbocycles. The first-order valence-corrected chi connectivity index (χ1v) is 10.1. The highest BCUT2D eigenvalue weighted by Gasteiger charge is 2.23. The normalized spacial score (nSPS) is 18.6. The quantitative estimate of drug-likeness (QED) is 0.621. The van der Waals surface area contributed by atoms with E-state index in [0.29, 0.717) is 24.1 Å². The number of nitrogens with one attached hydrogen (secondary N) is 3. The first kappa shape index (κ1) is 19.7. The van der Waals surface area contributed by atoms with Crippen LogP contribution in [0.4, 0.5) is 0 Å². The van der Waals surface area contributed by atoms with Crippen LogP contribution in [0.3, 0.4) is 0 Å². The second kappa shape index (κ2) is 9.74. The van der Waals surface area contributed by atoms with Gasteiger partial charge in [0.2, 0.25) is 5.91 Å². The van der Waals surface area contributed by atoms with E-state index < -0.39 is 0 Å². The zero-order valence-electron chi connectivity index (χ0n) is 16.1. The van der Waals surface area contributed by atoms with Gasteiger partial charge in [0.1, 0.15) is 5.75 Å². The van der Waals surface area contributed by atoms with Gasteiger partial charge in [-0.1, -0.05) is 12.1 Å². The number of benzene rings is 1. The van der Waals surface area contributed by atoms with Crippen LogP contribution in [0.25, 0.3) is 0 Å². The molecule has 0 bridgehead atoms. The average Bonchev–Trinajstić information content (AvgIpc) is 3.50. The Morgan fingerprint density at radius 1 is 1.11 bits per heavy atom. The molecule has 27 heavy (non-hydrogen) atoms. The lowest BCUT2D eigenvalue weighted by Crippen LogP contribution is -2.30. The van der Waals surface area contributed by atoms with Crippen molar-refractivity contribution in [1.29, 1.82) is 0 Å². The number of hydrogen-bond donors (Lipinski definition) is 3. The van der Waals surface area contributed by atoms with Gasteiger partial charge >= 0.3 is 0 Å². The standard InChI is InChI=1S/C21H31N3O3/c1-15(23-20(25)9-2-16-10-12-22-13-11-16)17-3-7-19(8-4-17)27-14-21(26)24-18-5-6-18/h3-4,7-8,15-16,18,22H,2,5-6,9-14H2,1H3,(H,23,25)(H,24,26). The summed E-state index contributed by atoms with van der Waals surface area (Å²) in [5, 5.41) is 9.32. The number of carbonyl (C=O) groups excluding carboxylic acids is 2. The number of rotatable bonds is 9. The Bertz CT molecular complexity index is 622. The molecule has 0 radical (unpaired) electrons. The Labute approximate surface area is 161 Å². The Hall–Kier alpha value is -2.08. The van der Waals surface area contributed by atoms with Gasteiger partial charge in [0.15, 0.2) is 6.61 Å². The molecule has 3 N–H and O–H groups in total. The van der Waals surface area contributed by atoms with Crippen LogP contribution in [0.15, 0.2) is 24.3 Å². The van der Waals surface area contributed by atoms with Crippen molar-refractivity contribution in [3.05, 3.63) is 29.8 Å². The third-order valence-electron chi connectivity index (χ3n) is 5.31. The first-order chi connectivity index (χ1) is 13.1. The highest BCUT2D eigenvalue weighted by atomic mass is 16.5. The number of carbonyl (C=O) groups is 2. The largest absolute Gasteiger partial charge is 0.484 e. The summed E-state index contributed by atoms with van der Waals surface area (Å²) in [7, 11) is 0. The van der Waals surface area contributed by atoms with Crippen LogP contribution in [0.5, 0.6) is 5.75 Å². The fourth-order valence-electron chi connectivity index (χ4n) is 3.40. The summed E-state index contributed by atoms with van der Waals surface area (Å²) in [6.07, 6.45) is 6.04. The van der Waals surface area contributed by atoms with Crippen molar-refractivity contribution in [3.63, 3.8) is 0 Å². The predicted octanol–water partition coefficient (Wildman–Crippen LogP) is 2.30. The molecular weight excluding hydrogens is 342 g/mol. The van der Waals surface area contributed by atoms with E-state index in [1.54, 1.807) is 0 Å². The molecule has 1 atom stereocenters. The van der Waals surface area contributed by atoms with Crippen LogP contribution in [0, 0.1) is 5.92 Å². The van der Waals surface area contributed by atoms with E-state index in [1.165, 1.54) is 12.8 Å². The highest BCUT2D eigenvalue weighted by molar-refractivity contribution is 5.78. The molecule has 148 valence electrons. The van der Waals surface area contributed by atoms with Gasteiger partial charge in [-0.05, 0) is 75.7 Å². The van der Waals surface area contributed by atoms with Crippen molar-refractivity contribution in [2.45, 2.75) is 57.5 Å². The maximum Gasteiger partial charge on any atom is 0.258 e. The van der Waals surface area contributed by atoms with Crippen LogP contribution in [-0.4, -0.2) is 37.6 Å². The number of piperidine rings is 1. The zero-order valence-corrected chi connectivity index (χ0v) is 16.1. The summed E-state index contributed by atoms with van der Waals surface area (Å²) >= 11 is 0. The molecule has 2 aliphatic rings. The van der Waals surface area contributed by atoms with Crippen molar-refractivity contribution in [1.82, 2.24) is 16.0 Å². The lowest BCUT2D eigenvalue weighted by atomic mass is 9.93. The van der Waals surface area contributed by atoms with Crippen LogP contribution in [-0.2, 0) is 9.59 Å². The predicted molar refractivity (Wildman–Crippen MR) is 104 cm³/mol. The summed E-state index contributed by atoms with van der Waals surface area (Å²) in [5.74, 6) is 1.36. The molecule has 6 heteroatoms. The van der Waals surface area contributed by atoms with Crippen molar-refractivity contribution in [2.75, 3.05) is 19.7 Å². The van der Waals surface area contributed by atoms with E-state index >= 15 is 0 Å². The Morgan fingerprint density at radius 3 is 2.48 bits per heavy atom. The van der Waals surface area contributed by atoms with E-state index in [1.807, 2.05) is 31.2 Å². The second-order valence-electron chi connectivity index (χ2n) is 7.72. The van der Waals surface area contributed by atoms with Crippen LogP contribution in [0.1, 0.15) is 57.1 Å². The molecule has 1 saturated heterocycles. The lowest BCUT2D eigenvalue weighted by Gasteiger charge is -2.22. The fourth-order valence-corrected chi connectivity index (χ4v) is 3.40. The van der Waals surface area contributed by atoms with E-state index in [2.05, 4.69) is 16.0 Å². The summed E-state index contributed by atoms with van der Waals surface area (Å²) < 4.78 is 5.51. The third kappa shape index (κ3) is 6.86. The topological polar surface area (TPSA) is 79.5 Å². The van der Waals surface area contributed by atoms with Gasteiger partial charge in [0.05, 0.1) is 6.04 Å². The van der Waals surface area contributed by atoms with Gasteiger partial charge in [-0.15, -0.1) is 0 Å². The minimum atomic E-state index is -0.0732. The summed E-state index contributed by atoms with van der Waals surface area (Å²) in [4.78, 5) is 23.9. The molecule has 1 heterocycles. The van der Waals surface area contributed by atoms with Gasteiger partial charge in [-0.2, -0.15) is 0 Å². The third-order valence-corrected chi connectivity index (χ3v) is 5.31. The smallest absolute Gasteiger partial charge is 0.258 e. The number of ether oxygens (including phenoxy) is 1. The lowest BCUT2D eigenvalue weighted by molar-refractivity contribution is -0.123. The van der Waals surface area contributed by atoms with Crippen LogP contribution >= 0.6 is 0 Å². The average molecular weight is 373 g/mol. The van der Waals surface area contributed by atoms with Gasteiger partial charge in [-0.25, -0.2) is 0 Å². The Balaban J connectivity index is 1.37. The zero-order chi connectivity index (χ0) is 19.1. The molecular formula is C21H31N3O3. The number of hydrogen-bond acceptors (Lipinski definition) is 4. The first-order valence-electron chi connectivity index (χ1n) is 10.1. The van der Waals surface area contributed by atoms with E-state index in [0.717, 1.165) is 37.9 Å². The molecule has 1 aromatic rings. The van der Waals surface area contributed by atoms with Crippen molar-refractivity contribution < 1.29 is 14.3 Å².